The Morgan fingerprint density at radius 3 is 2.73 bits per heavy atom. The number of nitrogens with zero attached hydrogens (tertiary/aromatic N) is 5. The molecule has 6 rings (SSSR count). The molecule has 1 saturated heterocycles. The molecular formula is C30H35ClN6O3. The number of likely N-dealkylation sites (tertiary alicyclic amines) is 1. The Morgan fingerprint density at radius 1 is 1.18 bits per heavy atom. The minimum Gasteiger partial charge on any atom is -0.444 e. The molecule has 1 aliphatic carbocycles. The van der Waals surface area contributed by atoms with Gasteiger partial charge in [0.05, 0.1) is 22.3 Å². The minimum atomic E-state index is -0.570. The Kier molecular flexibility index (Phi) is 6.73. The van der Waals surface area contributed by atoms with E-state index in [0.29, 0.717) is 29.7 Å². The third-order valence-electron chi connectivity index (χ3n) is 7.70. The molecule has 0 radical (unpaired) electrons. The Labute approximate surface area is 238 Å². The Balaban J connectivity index is 1.27. The van der Waals surface area contributed by atoms with Gasteiger partial charge in [0.25, 0.3) is 5.91 Å². The second kappa shape index (κ2) is 10.1. The van der Waals surface area contributed by atoms with E-state index >= 15 is 0 Å². The normalized spacial score (nSPS) is 17.9. The molecule has 4 aromatic heterocycles. The summed E-state index contributed by atoms with van der Waals surface area (Å²) >= 11 is 6.55. The van der Waals surface area contributed by atoms with Gasteiger partial charge in [-0.05, 0) is 83.6 Å². The van der Waals surface area contributed by atoms with Crippen molar-refractivity contribution < 1.29 is 14.3 Å². The van der Waals surface area contributed by atoms with Crippen molar-refractivity contribution >= 4 is 40.0 Å². The largest absolute Gasteiger partial charge is 0.444 e. The van der Waals surface area contributed by atoms with Crippen molar-refractivity contribution in [3.8, 4) is 11.4 Å². The third-order valence-corrected chi connectivity index (χ3v) is 7.97. The van der Waals surface area contributed by atoms with E-state index in [0.717, 1.165) is 52.8 Å². The van der Waals surface area contributed by atoms with Crippen LogP contribution < -0.4 is 5.32 Å². The van der Waals surface area contributed by atoms with Gasteiger partial charge < -0.3 is 19.5 Å². The Hall–Kier alpha value is -3.59. The van der Waals surface area contributed by atoms with E-state index in [4.69, 9.17) is 21.4 Å². The van der Waals surface area contributed by atoms with Gasteiger partial charge in [0.2, 0.25) is 0 Å². The van der Waals surface area contributed by atoms with Gasteiger partial charge in [0.15, 0.2) is 5.15 Å². The van der Waals surface area contributed by atoms with Crippen LogP contribution in [0.25, 0.3) is 27.8 Å². The molecule has 210 valence electrons. The SMILES string of the molecule is Cc1c(-c2cc3ccnc(Cl)c3n2CC2CC2)nn2cc(C(=O)N3CCC[C@@H](NC(=O)OC(C)(C)C)C3)ccc12. The van der Waals surface area contributed by atoms with Crippen LogP contribution >= 0.6 is 11.6 Å². The molecule has 2 amide bonds. The average Bonchev–Trinajstić information content (AvgIpc) is 3.56. The smallest absolute Gasteiger partial charge is 0.407 e. The molecule has 0 spiro atoms. The number of rotatable bonds is 5. The second-order valence-corrected chi connectivity index (χ2v) is 12.4. The van der Waals surface area contributed by atoms with Gasteiger partial charge in [-0.1, -0.05) is 11.6 Å². The molecular weight excluding hydrogens is 528 g/mol. The van der Waals surface area contributed by atoms with Gasteiger partial charge in [-0.2, -0.15) is 5.10 Å². The van der Waals surface area contributed by atoms with E-state index in [1.165, 1.54) is 12.8 Å². The highest BCUT2D eigenvalue weighted by molar-refractivity contribution is 6.34. The number of aromatic nitrogens is 4. The number of carbonyl (C=O) groups is 2. The lowest BCUT2D eigenvalue weighted by molar-refractivity contribution is 0.0452. The first-order valence-electron chi connectivity index (χ1n) is 14.0. The highest BCUT2D eigenvalue weighted by Gasteiger charge is 2.29. The number of hydrogen-bond acceptors (Lipinski definition) is 5. The second-order valence-electron chi connectivity index (χ2n) is 12.1. The summed E-state index contributed by atoms with van der Waals surface area (Å²) in [4.78, 5) is 31.9. The zero-order chi connectivity index (χ0) is 28.2. The number of halogens is 1. The number of fused-ring (bicyclic) bond motifs is 2. The lowest BCUT2D eigenvalue weighted by Gasteiger charge is -2.33. The number of ether oxygens (including phenoxy) is 1. The standard InChI is InChI=1S/C30H35ClN6O3/c1-18-23-10-9-21(28(38)35-13-5-6-22(17-35)33-29(39)40-30(2,3)4)16-37(23)34-25(18)24-14-20-11-12-32-27(31)26(20)36(24)15-19-7-8-19/h9-12,14,16,19,22H,5-8,13,15,17H2,1-4H3,(H,33,39)/t22-/m1/s1. The summed E-state index contributed by atoms with van der Waals surface area (Å²) in [6, 6.07) is 7.80. The quantitative estimate of drug-likeness (QED) is 0.308. The fraction of sp³-hybridized carbons (Fsp3) is 0.467. The monoisotopic (exact) mass is 562 g/mol. The van der Waals surface area contributed by atoms with Crippen LogP contribution in [0.4, 0.5) is 4.79 Å². The molecule has 0 bridgehead atoms. The maximum Gasteiger partial charge on any atom is 0.407 e. The van der Waals surface area contributed by atoms with E-state index in [9.17, 15) is 9.59 Å². The molecule has 0 aromatic carbocycles. The van der Waals surface area contributed by atoms with Crippen LogP contribution in [-0.2, 0) is 11.3 Å². The summed E-state index contributed by atoms with van der Waals surface area (Å²) in [5, 5.41) is 9.42. The molecule has 2 aliphatic rings. The van der Waals surface area contributed by atoms with Crippen molar-refractivity contribution in [1.82, 2.24) is 29.4 Å². The van der Waals surface area contributed by atoms with E-state index in [2.05, 4.69) is 27.9 Å². The van der Waals surface area contributed by atoms with E-state index in [-0.39, 0.29) is 11.9 Å². The van der Waals surface area contributed by atoms with E-state index in [1.54, 1.807) is 15.6 Å². The number of nitrogens with one attached hydrogen (secondary N) is 1. The molecule has 10 heteroatoms. The third kappa shape index (κ3) is 5.27. The van der Waals surface area contributed by atoms with Crippen LogP contribution in [-0.4, -0.2) is 60.8 Å². The fourth-order valence-corrected chi connectivity index (χ4v) is 5.86. The van der Waals surface area contributed by atoms with Crippen LogP contribution in [0.1, 0.15) is 62.4 Å². The topological polar surface area (TPSA) is 93.8 Å². The first-order valence-corrected chi connectivity index (χ1v) is 14.4. The van der Waals surface area contributed by atoms with E-state index < -0.39 is 11.7 Å². The number of alkyl carbamates (subject to hydrolysis) is 1. The maximum atomic E-state index is 13.5. The zero-order valence-corrected chi connectivity index (χ0v) is 24.2. The van der Waals surface area contributed by atoms with Crippen molar-refractivity contribution in [3.63, 3.8) is 0 Å². The van der Waals surface area contributed by atoms with Gasteiger partial charge in [-0.15, -0.1) is 0 Å². The molecule has 1 aliphatic heterocycles. The lowest BCUT2D eigenvalue weighted by Crippen LogP contribution is -2.50. The van der Waals surface area contributed by atoms with Crippen LogP contribution in [0, 0.1) is 12.8 Å². The van der Waals surface area contributed by atoms with Gasteiger partial charge >= 0.3 is 6.09 Å². The van der Waals surface area contributed by atoms with Gasteiger partial charge in [0.1, 0.15) is 11.3 Å². The summed E-state index contributed by atoms with van der Waals surface area (Å²) in [7, 11) is 0. The first-order chi connectivity index (χ1) is 19.1. The summed E-state index contributed by atoms with van der Waals surface area (Å²) in [6.07, 6.45) is 7.14. The molecule has 2 fully saturated rings. The van der Waals surface area contributed by atoms with Crippen LogP contribution in [0.5, 0.6) is 0 Å². The molecule has 5 heterocycles. The van der Waals surface area contributed by atoms with Crippen molar-refractivity contribution in [1.29, 1.82) is 0 Å². The Morgan fingerprint density at radius 2 is 1.98 bits per heavy atom. The van der Waals surface area contributed by atoms with Gasteiger partial charge in [-0.3, -0.25) is 4.79 Å². The summed E-state index contributed by atoms with van der Waals surface area (Å²) < 4.78 is 9.46. The average molecular weight is 563 g/mol. The number of carbonyl (C=O) groups excluding carboxylic acids is 2. The molecule has 4 aromatic rings. The lowest BCUT2D eigenvalue weighted by atomic mass is 10.0. The fourth-order valence-electron chi connectivity index (χ4n) is 5.60. The van der Waals surface area contributed by atoms with Crippen molar-refractivity contribution in [2.75, 3.05) is 13.1 Å². The van der Waals surface area contributed by atoms with Crippen LogP contribution in [0.3, 0.4) is 0 Å². The number of pyridine rings is 2. The van der Waals surface area contributed by atoms with Crippen molar-refractivity contribution in [2.45, 2.75) is 71.6 Å². The zero-order valence-electron chi connectivity index (χ0n) is 23.4. The molecule has 0 unspecified atom stereocenters. The number of hydrogen-bond donors (Lipinski definition) is 1. The van der Waals surface area contributed by atoms with Gasteiger partial charge in [-0.25, -0.2) is 14.3 Å². The molecule has 1 atom stereocenters. The van der Waals surface area contributed by atoms with E-state index in [1.807, 2.05) is 45.2 Å². The summed E-state index contributed by atoms with van der Waals surface area (Å²) in [5.41, 5.74) is 4.81. The Bertz CT molecular complexity index is 1610. The van der Waals surface area contributed by atoms with Crippen molar-refractivity contribution in [2.24, 2.45) is 5.92 Å². The number of aryl methyl sites for hydroxylation is 1. The highest BCUT2D eigenvalue weighted by Crippen LogP contribution is 2.38. The highest BCUT2D eigenvalue weighted by atomic mass is 35.5. The first kappa shape index (κ1) is 26.6. The number of amides is 2. The summed E-state index contributed by atoms with van der Waals surface area (Å²) in [5.74, 6) is 0.568. The molecule has 1 N–H and O–H groups in total. The van der Waals surface area contributed by atoms with Gasteiger partial charge in [0, 0.05) is 49.0 Å². The molecule has 40 heavy (non-hydrogen) atoms. The number of piperidine rings is 1. The van der Waals surface area contributed by atoms with Crippen LogP contribution in [0.2, 0.25) is 5.15 Å². The van der Waals surface area contributed by atoms with Crippen LogP contribution in [0.15, 0.2) is 36.7 Å². The van der Waals surface area contributed by atoms with Crippen molar-refractivity contribution in [3.05, 3.63) is 52.9 Å². The molecule has 1 saturated carbocycles. The predicted molar refractivity (Wildman–Crippen MR) is 155 cm³/mol. The summed E-state index contributed by atoms with van der Waals surface area (Å²) in [6.45, 7) is 9.53. The predicted octanol–water partition coefficient (Wildman–Crippen LogP) is 5.85. The maximum absolute atomic E-state index is 13.5. The molecule has 9 nitrogen and oxygen atoms in total. The minimum absolute atomic E-state index is 0.0759.